The van der Waals surface area contributed by atoms with Gasteiger partial charge in [0.25, 0.3) is 0 Å². The van der Waals surface area contributed by atoms with E-state index < -0.39 is 5.97 Å². The number of aliphatic carboxylic acids is 1. The molecule has 4 nitrogen and oxygen atoms in total. The summed E-state index contributed by atoms with van der Waals surface area (Å²) in [7, 11) is 0. The van der Waals surface area contributed by atoms with E-state index in [1.54, 1.807) is 6.20 Å². The minimum atomic E-state index is -0.947. The van der Waals surface area contributed by atoms with Crippen LogP contribution in [0.2, 0.25) is 0 Å². The molecule has 94 valence electrons. The summed E-state index contributed by atoms with van der Waals surface area (Å²) in [5.41, 5.74) is 2.71. The molecule has 0 aliphatic carbocycles. The molecule has 0 radical (unpaired) electrons. The largest absolute Gasteiger partial charge is 0.481 e. The number of hydrogen-bond acceptors (Lipinski definition) is 2. The summed E-state index contributed by atoms with van der Waals surface area (Å²) in [5.74, 6) is -1.07. The minimum Gasteiger partial charge on any atom is -0.481 e. The van der Waals surface area contributed by atoms with Crippen molar-refractivity contribution in [2.24, 2.45) is 0 Å². The van der Waals surface area contributed by atoms with Crippen molar-refractivity contribution < 1.29 is 14.7 Å². The first-order valence-electron chi connectivity index (χ1n) is 5.97. The molecule has 1 aromatic heterocycles. The number of ketones is 1. The Morgan fingerprint density at radius 2 is 2.06 bits per heavy atom. The fourth-order valence-corrected chi connectivity index (χ4v) is 2.10. The van der Waals surface area contributed by atoms with Crippen LogP contribution in [0.3, 0.4) is 0 Å². The molecule has 0 aliphatic heterocycles. The van der Waals surface area contributed by atoms with Gasteiger partial charge in [0.2, 0.25) is 0 Å². The number of benzene rings is 1. The van der Waals surface area contributed by atoms with Gasteiger partial charge in [-0.3, -0.25) is 9.59 Å². The molecular formula is C14H15NO3. The Bertz CT molecular complexity index is 598. The predicted octanol–water partition coefficient (Wildman–Crippen LogP) is 2.78. The van der Waals surface area contributed by atoms with Gasteiger partial charge in [0.1, 0.15) is 0 Å². The van der Waals surface area contributed by atoms with Gasteiger partial charge in [0, 0.05) is 29.1 Å². The van der Waals surface area contributed by atoms with Crippen LogP contribution in [0.1, 0.15) is 35.7 Å². The zero-order chi connectivity index (χ0) is 13.1. The fraction of sp³-hybridized carbons (Fsp3) is 0.286. The van der Waals surface area contributed by atoms with Gasteiger partial charge in [-0.25, -0.2) is 0 Å². The third-order valence-corrected chi connectivity index (χ3v) is 3.05. The van der Waals surface area contributed by atoms with Crippen LogP contribution in [-0.2, 0) is 11.2 Å². The summed E-state index contributed by atoms with van der Waals surface area (Å²) in [5, 5.41) is 9.47. The second-order valence-electron chi connectivity index (χ2n) is 4.21. The fourth-order valence-electron chi connectivity index (χ4n) is 2.10. The van der Waals surface area contributed by atoms with E-state index in [0.717, 1.165) is 22.9 Å². The number of carboxylic acids is 1. The van der Waals surface area contributed by atoms with Gasteiger partial charge in [-0.1, -0.05) is 25.1 Å². The molecule has 2 aromatic rings. The first-order chi connectivity index (χ1) is 8.63. The lowest BCUT2D eigenvalue weighted by Gasteiger charge is -2.00. The van der Waals surface area contributed by atoms with Crippen molar-refractivity contribution in [2.75, 3.05) is 0 Å². The number of aromatic amines is 1. The highest BCUT2D eigenvalue weighted by molar-refractivity contribution is 6.08. The van der Waals surface area contributed by atoms with Crippen molar-refractivity contribution in [3.05, 3.63) is 35.5 Å². The number of H-pyrrole nitrogens is 1. The van der Waals surface area contributed by atoms with Crippen molar-refractivity contribution in [2.45, 2.75) is 26.2 Å². The normalized spacial score (nSPS) is 10.7. The summed E-state index contributed by atoms with van der Waals surface area (Å²) in [6.45, 7) is 2.06. The van der Waals surface area contributed by atoms with E-state index >= 15 is 0 Å². The molecule has 0 atom stereocenters. The van der Waals surface area contributed by atoms with Crippen LogP contribution in [0.4, 0.5) is 0 Å². The smallest absolute Gasteiger partial charge is 0.303 e. The average Bonchev–Trinajstić information content (AvgIpc) is 2.79. The highest BCUT2D eigenvalue weighted by Gasteiger charge is 2.14. The minimum absolute atomic E-state index is 0.0403. The maximum atomic E-state index is 11.9. The van der Waals surface area contributed by atoms with Crippen molar-refractivity contribution >= 4 is 22.7 Å². The van der Waals surface area contributed by atoms with Crippen molar-refractivity contribution in [1.29, 1.82) is 0 Å². The molecule has 18 heavy (non-hydrogen) atoms. The zero-order valence-corrected chi connectivity index (χ0v) is 10.2. The SMILES string of the molecule is CCc1cccc2c(C(=O)CCC(=O)O)c[nH]c12. The van der Waals surface area contributed by atoms with Crippen LogP contribution in [0.5, 0.6) is 0 Å². The Balaban J connectivity index is 2.34. The van der Waals surface area contributed by atoms with Gasteiger partial charge >= 0.3 is 5.97 Å². The first kappa shape index (κ1) is 12.4. The molecule has 0 saturated heterocycles. The monoisotopic (exact) mass is 245 g/mol. The predicted molar refractivity (Wildman–Crippen MR) is 68.9 cm³/mol. The first-order valence-corrected chi connectivity index (χ1v) is 5.97. The highest BCUT2D eigenvalue weighted by atomic mass is 16.4. The molecule has 0 unspecified atom stereocenters. The van der Waals surface area contributed by atoms with Crippen LogP contribution >= 0.6 is 0 Å². The van der Waals surface area contributed by atoms with Gasteiger partial charge in [0.05, 0.1) is 6.42 Å². The second kappa shape index (κ2) is 5.04. The molecule has 0 aliphatic rings. The number of hydrogen-bond donors (Lipinski definition) is 2. The summed E-state index contributed by atoms with van der Waals surface area (Å²) < 4.78 is 0. The topological polar surface area (TPSA) is 70.2 Å². The van der Waals surface area contributed by atoms with Gasteiger partial charge in [-0.05, 0) is 12.0 Å². The molecule has 1 aromatic carbocycles. The molecule has 0 fully saturated rings. The van der Waals surface area contributed by atoms with Crippen molar-refractivity contribution in [1.82, 2.24) is 4.98 Å². The van der Waals surface area contributed by atoms with Gasteiger partial charge in [0.15, 0.2) is 5.78 Å². The number of carboxylic acid groups (broad SMARTS) is 1. The summed E-state index contributed by atoms with van der Waals surface area (Å²) in [6.07, 6.45) is 2.48. The average molecular weight is 245 g/mol. The van der Waals surface area contributed by atoms with E-state index in [1.807, 2.05) is 18.2 Å². The number of aryl methyl sites for hydroxylation is 1. The number of rotatable bonds is 5. The molecule has 2 rings (SSSR count). The van der Waals surface area contributed by atoms with Gasteiger partial charge in [-0.15, -0.1) is 0 Å². The lowest BCUT2D eigenvalue weighted by atomic mass is 10.0. The maximum Gasteiger partial charge on any atom is 0.303 e. The molecule has 2 N–H and O–H groups in total. The third-order valence-electron chi connectivity index (χ3n) is 3.05. The lowest BCUT2D eigenvalue weighted by Crippen LogP contribution is -2.03. The van der Waals surface area contributed by atoms with Crippen LogP contribution in [0, 0.1) is 0 Å². The van der Waals surface area contributed by atoms with E-state index in [9.17, 15) is 9.59 Å². The standard InChI is InChI=1S/C14H15NO3/c1-2-9-4-3-5-10-11(8-15-14(9)10)12(16)6-7-13(17)18/h3-5,8,15H,2,6-7H2,1H3,(H,17,18). The molecule has 0 amide bonds. The van der Waals surface area contributed by atoms with Crippen molar-refractivity contribution in [3.8, 4) is 0 Å². The van der Waals surface area contributed by atoms with E-state index in [2.05, 4.69) is 11.9 Å². The molecule has 0 spiro atoms. The summed E-state index contributed by atoms with van der Waals surface area (Å²) in [6, 6.07) is 5.83. The van der Waals surface area contributed by atoms with Crippen LogP contribution in [0.25, 0.3) is 10.9 Å². The molecular weight excluding hydrogens is 230 g/mol. The summed E-state index contributed by atoms with van der Waals surface area (Å²) >= 11 is 0. The Labute approximate surface area is 105 Å². The van der Waals surface area contributed by atoms with E-state index in [1.165, 1.54) is 0 Å². The second-order valence-corrected chi connectivity index (χ2v) is 4.21. The number of nitrogens with one attached hydrogen (secondary N) is 1. The number of carbonyl (C=O) groups excluding carboxylic acids is 1. The quantitative estimate of drug-likeness (QED) is 0.796. The number of Topliss-reactive ketones (excluding diaryl/α,β-unsaturated/α-hetero) is 1. The Morgan fingerprint density at radius 3 is 2.72 bits per heavy atom. The zero-order valence-electron chi connectivity index (χ0n) is 10.2. The van der Waals surface area contributed by atoms with E-state index in [0.29, 0.717) is 5.56 Å². The van der Waals surface area contributed by atoms with E-state index in [4.69, 9.17) is 5.11 Å². The maximum absolute atomic E-state index is 11.9. The summed E-state index contributed by atoms with van der Waals surface area (Å²) in [4.78, 5) is 25.5. The van der Waals surface area contributed by atoms with Crippen LogP contribution < -0.4 is 0 Å². The van der Waals surface area contributed by atoms with Gasteiger partial charge in [-0.2, -0.15) is 0 Å². The van der Waals surface area contributed by atoms with E-state index in [-0.39, 0.29) is 18.6 Å². The molecule has 0 saturated carbocycles. The van der Waals surface area contributed by atoms with Gasteiger partial charge < -0.3 is 10.1 Å². The Morgan fingerprint density at radius 1 is 1.28 bits per heavy atom. The highest BCUT2D eigenvalue weighted by Crippen LogP contribution is 2.23. The Kier molecular flexibility index (Phi) is 3.46. The lowest BCUT2D eigenvalue weighted by molar-refractivity contribution is -0.136. The molecule has 0 bridgehead atoms. The Hall–Kier alpha value is -2.10. The third kappa shape index (κ3) is 2.27. The number of aromatic nitrogens is 1. The number of fused-ring (bicyclic) bond motifs is 1. The number of para-hydroxylation sites is 1. The molecule has 4 heteroatoms. The van der Waals surface area contributed by atoms with Crippen LogP contribution in [0.15, 0.2) is 24.4 Å². The molecule has 1 heterocycles. The number of carbonyl (C=O) groups is 2. The van der Waals surface area contributed by atoms with Crippen LogP contribution in [-0.4, -0.2) is 21.8 Å². The van der Waals surface area contributed by atoms with Crippen molar-refractivity contribution in [3.63, 3.8) is 0 Å².